The molecule has 6 nitrogen and oxygen atoms in total. The van der Waals surface area contributed by atoms with Crippen molar-refractivity contribution in [3.05, 3.63) is 55.1 Å². The van der Waals surface area contributed by atoms with Crippen LogP contribution in [0.15, 0.2) is 43.4 Å². The quantitative estimate of drug-likeness (QED) is 0.807. The van der Waals surface area contributed by atoms with E-state index in [1.165, 1.54) is 0 Å². The van der Waals surface area contributed by atoms with E-state index < -0.39 is 11.2 Å². The zero-order valence-electron chi connectivity index (χ0n) is 8.77. The smallest absolute Gasteiger partial charge is 0.281 e. The van der Waals surface area contributed by atoms with Crippen LogP contribution in [0.4, 0.5) is 0 Å². The molecular formula is C10H6BrN3O3S. The van der Waals surface area contributed by atoms with Crippen molar-refractivity contribution in [3.63, 3.8) is 0 Å². The number of aromatic nitrogens is 3. The highest BCUT2D eigenvalue weighted by Gasteiger charge is 2.12. The van der Waals surface area contributed by atoms with Gasteiger partial charge in [-0.15, -0.1) is 0 Å². The van der Waals surface area contributed by atoms with Gasteiger partial charge in [0.25, 0.3) is 5.56 Å². The van der Waals surface area contributed by atoms with Gasteiger partial charge in [0, 0.05) is 10.0 Å². The normalized spacial score (nSPS) is 10.3. The maximum Gasteiger partial charge on any atom is 0.342 e. The molecule has 0 aliphatic heterocycles. The summed E-state index contributed by atoms with van der Waals surface area (Å²) < 4.78 is 0.851. The molecule has 1 aromatic carbocycles. The van der Waals surface area contributed by atoms with Crippen molar-refractivity contribution >= 4 is 32.8 Å². The number of hydrogen-bond acceptors (Lipinski definition) is 5. The molecule has 18 heavy (non-hydrogen) atoms. The first-order chi connectivity index (χ1) is 8.56. The number of benzene rings is 1. The molecule has 0 saturated heterocycles. The number of rotatable bonds is 2. The highest BCUT2D eigenvalue weighted by Crippen LogP contribution is 2.19. The minimum absolute atomic E-state index is 0.0949. The molecule has 0 bridgehead atoms. The Morgan fingerprint density at radius 2 is 1.89 bits per heavy atom. The van der Waals surface area contributed by atoms with E-state index >= 15 is 0 Å². The highest BCUT2D eigenvalue weighted by atomic mass is 79.9. The first kappa shape index (κ1) is 12.8. The van der Waals surface area contributed by atoms with Crippen LogP contribution in [-0.4, -0.2) is 20.3 Å². The summed E-state index contributed by atoms with van der Waals surface area (Å²) >= 11 is 3.91. The average Bonchev–Trinajstić information content (AvgIpc) is 2.33. The third-order valence-electron chi connectivity index (χ3n) is 1.95. The Labute approximate surface area is 113 Å². The van der Waals surface area contributed by atoms with Crippen LogP contribution in [0, 0.1) is 0 Å². The van der Waals surface area contributed by atoms with Crippen molar-refractivity contribution in [3.8, 4) is 0 Å². The lowest BCUT2D eigenvalue weighted by atomic mass is 10.2. The molecule has 0 fully saturated rings. The van der Waals surface area contributed by atoms with Gasteiger partial charge in [0.05, 0.1) is 0 Å². The van der Waals surface area contributed by atoms with Gasteiger partial charge in [-0.3, -0.25) is 14.6 Å². The summed E-state index contributed by atoms with van der Waals surface area (Å²) in [6.07, 6.45) is 0. The zero-order valence-corrected chi connectivity index (χ0v) is 11.2. The molecule has 0 spiro atoms. The Balaban J connectivity index is 2.24. The molecule has 2 aromatic rings. The van der Waals surface area contributed by atoms with Gasteiger partial charge in [0.2, 0.25) is 5.12 Å². The number of H-pyrrole nitrogens is 2. The third-order valence-corrected chi connectivity index (χ3v) is 3.37. The predicted octanol–water partition coefficient (Wildman–Crippen LogP) is 1.15. The van der Waals surface area contributed by atoms with Gasteiger partial charge in [0.15, 0.2) is 5.03 Å². The molecule has 1 heterocycles. The average molecular weight is 328 g/mol. The van der Waals surface area contributed by atoms with Gasteiger partial charge in [-0.05, 0) is 36.0 Å². The molecule has 0 aliphatic carbocycles. The summed E-state index contributed by atoms with van der Waals surface area (Å²) in [6.45, 7) is 0. The van der Waals surface area contributed by atoms with Crippen molar-refractivity contribution in [2.75, 3.05) is 0 Å². The van der Waals surface area contributed by atoms with Crippen LogP contribution in [0.1, 0.15) is 10.4 Å². The zero-order chi connectivity index (χ0) is 13.1. The number of carbonyl (C=O) groups is 1. The number of aromatic amines is 2. The van der Waals surface area contributed by atoms with Gasteiger partial charge < -0.3 is 0 Å². The Bertz CT molecular complexity index is 693. The summed E-state index contributed by atoms with van der Waals surface area (Å²) in [5, 5.41) is 5.16. The fourth-order valence-corrected chi connectivity index (χ4v) is 2.07. The molecule has 2 N–H and O–H groups in total. The largest absolute Gasteiger partial charge is 0.342 e. The van der Waals surface area contributed by atoms with Gasteiger partial charge in [-0.1, -0.05) is 15.9 Å². The predicted molar refractivity (Wildman–Crippen MR) is 69.8 cm³/mol. The van der Waals surface area contributed by atoms with E-state index in [0.29, 0.717) is 17.3 Å². The van der Waals surface area contributed by atoms with Crippen molar-refractivity contribution in [2.45, 2.75) is 5.03 Å². The summed E-state index contributed by atoms with van der Waals surface area (Å²) in [7, 11) is 0. The lowest BCUT2D eigenvalue weighted by Crippen LogP contribution is -2.25. The number of halogens is 1. The van der Waals surface area contributed by atoms with Gasteiger partial charge in [0.1, 0.15) is 0 Å². The van der Waals surface area contributed by atoms with Crippen LogP contribution >= 0.6 is 27.7 Å². The van der Waals surface area contributed by atoms with E-state index in [4.69, 9.17) is 0 Å². The fourth-order valence-electron chi connectivity index (χ4n) is 1.14. The molecule has 0 amide bonds. The van der Waals surface area contributed by atoms with Crippen LogP contribution in [0.5, 0.6) is 0 Å². The molecule has 92 valence electrons. The lowest BCUT2D eigenvalue weighted by Gasteiger charge is -1.99. The molecular weight excluding hydrogens is 322 g/mol. The summed E-state index contributed by atoms with van der Waals surface area (Å²) in [5.74, 6) is 0. The van der Waals surface area contributed by atoms with Crippen molar-refractivity contribution < 1.29 is 4.79 Å². The topological polar surface area (TPSA) is 95.7 Å². The fraction of sp³-hybridized carbons (Fsp3) is 0. The van der Waals surface area contributed by atoms with Gasteiger partial charge in [-0.25, -0.2) is 9.89 Å². The van der Waals surface area contributed by atoms with E-state index in [9.17, 15) is 14.4 Å². The van der Waals surface area contributed by atoms with Crippen LogP contribution in [0.25, 0.3) is 0 Å². The van der Waals surface area contributed by atoms with Crippen LogP contribution in [-0.2, 0) is 0 Å². The van der Waals surface area contributed by atoms with Crippen LogP contribution in [0.3, 0.4) is 0 Å². The Hall–Kier alpha value is -1.67. The Morgan fingerprint density at radius 3 is 2.50 bits per heavy atom. The first-order valence-corrected chi connectivity index (χ1v) is 6.34. The second-order valence-corrected chi connectivity index (χ2v) is 5.09. The SMILES string of the molecule is O=C(Sc1n[nH]c(=O)[nH]c1=O)c1ccc(Br)cc1. The molecule has 0 unspecified atom stereocenters. The summed E-state index contributed by atoms with van der Waals surface area (Å²) in [4.78, 5) is 35.9. The van der Waals surface area contributed by atoms with E-state index in [-0.39, 0.29) is 10.1 Å². The Kier molecular flexibility index (Phi) is 3.78. The van der Waals surface area contributed by atoms with Gasteiger partial charge >= 0.3 is 5.69 Å². The lowest BCUT2D eigenvalue weighted by molar-refractivity contribution is 0.108. The molecule has 0 atom stereocenters. The highest BCUT2D eigenvalue weighted by molar-refractivity contribution is 9.10. The molecule has 1 aromatic heterocycles. The number of hydrogen-bond donors (Lipinski definition) is 2. The third kappa shape index (κ3) is 2.96. The molecule has 8 heteroatoms. The number of nitrogens with one attached hydrogen (secondary N) is 2. The Morgan fingerprint density at radius 1 is 1.22 bits per heavy atom. The maximum absolute atomic E-state index is 11.8. The van der Waals surface area contributed by atoms with Crippen molar-refractivity contribution in [1.29, 1.82) is 0 Å². The monoisotopic (exact) mass is 327 g/mol. The van der Waals surface area contributed by atoms with E-state index in [0.717, 1.165) is 4.47 Å². The van der Waals surface area contributed by atoms with Crippen LogP contribution in [0.2, 0.25) is 0 Å². The van der Waals surface area contributed by atoms with E-state index in [1.54, 1.807) is 24.3 Å². The standard InChI is InChI=1S/C10H6BrN3O3S/c11-6-3-1-5(2-4-6)9(16)18-8-7(15)12-10(17)14-13-8/h1-4H,(H2,12,14,15,17). The minimum Gasteiger partial charge on any atom is -0.281 e. The number of thioether (sulfide) groups is 1. The summed E-state index contributed by atoms with van der Waals surface area (Å²) in [6, 6.07) is 6.69. The molecule has 0 radical (unpaired) electrons. The molecule has 0 aliphatic rings. The van der Waals surface area contributed by atoms with Crippen molar-refractivity contribution in [2.24, 2.45) is 0 Å². The second-order valence-electron chi connectivity index (χ2n) is 3.21. The minimum atomic E-state index is -0.708. The molecule has 0 saturated carbocycles. The van der Waals surface area contributed by atoms with E-state index in [2.05, 4.69) is 26.1 Å². The number of nitrogens with zero attached hydrogens (tertiary/aromatic N) is 1. The first-order valence-electron chi connectivity index (χ1n) is 4.73. The number of carbonyl (C=O) groups excluding carboxylic acids is 1. The second kappa shape index (κ2) is 5.32. The van der Waals surface area contributed by atoms with Gasteiger partial charge in [-0.2, -0.15) is 5.10 Å². The molecule has 2 rings (SSSR count). The van der Waals surface area contributed by atoms with Crippen LogP contribution < -0.4 is 11.2 Å². The van der Waals surface area contributed by atoms with Crippen molar-refractivity contribution in [1.82, 2.24) is 15.2 Å². The maximum atomic E-state index is 11.8. The van der Waals surface area contributed by atoms with E-state index in [1.807, 2.05) is 4.98 Å². The summed E-state index contributed by atoms with van der Waals surface area (Å²) in [5.41, 5.74) is -0.953.